The highest BCUT2D eigenvalue weighted by molar-refractivity contribution is 6.32. The molecule has 0 bridgehead atoms. The molecule has 2 aromatic heterocycles. The number of hydrogen-bond acceptors (Lipinski definition) is 6. The van der Waals surface area contributed by atoms with Gasteiger partial charge in [0.05, 0.1) is 22.4 Å². The molecule has 0 spiro atoms. The van der Waals surface area contributed by atoms with Gasteiger partial charge in [-0.2, -0.15) is 0 Å². The number of fused-ring (bicyclic) bond motifs is 1. The van der Waals surface area contributed by atoms with Gasteiger partial charge in [-0.1, -0.05) is 23.7 Å². The maximum absolute atomic E-state index is 6.36. The molecule has 4 rings (SSSR count). The largest absolute Gasteiger partial charge is 0.486 e. The van der Waals surface area contributed by atoms with Crippen LogP contribution < -0.4 is 10.5 Å². The first-order chi connectivity index (χ1) is 12.7. The van der Waals surface area contributed by atoms with E-state index < -0.39 is 0 Å². The molecule has 0 unspecified atom stereocenters. The van der Waals surface area contributed by atoms with Crippen molar-refractivity contribution < 1.29 is 4.74 Å². The Labute approximate surface area is 154 Å². The number of anilines is 1. The number of nitrogens with two attached hydrogens (primary N) is 1. The van der Waals surface area contributed by atoms with E-state index >= 15 is 0 Å². The monoisotopic (exact) mass is 363 g/mol. The molecule has 26 heavy (non-hydrogen) atoms. The van der Waals surface area contributed by atoms with Crippen molar-refractivity contribution in [2.45, 2.75) is 6.61 Å². The lowest BCUT2D eigenvalue weighted by molar-refractivity contribution is 0.301. The Morgan fingerprint density at radius 1 is 1.04 bits per heavy atom. The second-order valence-electron chi connectivity index (χ2n) is 5.58. The molecule has 0 amide bonds. The lowest BCUT2D eigenvalue weighted by Gasteiger charge is -2.10. The summed E-state index contributed by atoms with van der Waals surface area (Å²) in [6.07, 6.45) is 4.87. The summed E-state index contributed by atoms with van der Waals surface area (Å²) in [5.41, 5.74) is 8.32. The van der Waals surface area contributed by atoms with Crippen LogP contribution in [0.5, 0.6) is 5.75 Å². The zero-order valence-electron chi connectivity index (χ0n) is 13.6. The zero-order chi connectivity index (χ0) is 17.9. The third-order valence-electron chi connectivity index (χ3n) is 3.81. The lowest BCUT2D eigenvalue weighted by atomic mass is 10.1. The molecule has 128 valence electrons. The van der Waals surface area contributed by atoms with E-state index in [9.17, 15) is 0 Å². The van der Waals surface area contributed by atoms with Crippen molar-refractivity contribution in [1.82, 2.24) is 19.9 Å². The lowest BCUT2D eigenvalue weighted by Crippen LogP contribution is -2.00. The van der Waals surface area contributed by atoms with Crippen LogP contribution in [-0.2, 0) is 6.61 Å². The number of nitrogen functional groups attached to an aromatic ring is 1. The fraction of sp³-hybridized carbons (Fsp3) is 0.0526. The van der Waals surface area contributed by atoms with Crippen LogP contribution in [0.3, 0.4) is 0 Å². The third kappa shape index (κ3) is 3.27. The van der Waals surface area contributed by atoms with Crippen molar-refractivity contribution in [3.8, 4) is 17.1 Å². The maximum atomic E-state index is 6.36. The Balaban J connectivity index is 1.61. The van der Waals surface area contributed by atoms with Gasteiger partial charge in [-0.05, 0) is 30.3 Å². The molecule has 0 fully saturated rings. The van der Waals surface area contributed by atoms with Crippen LogP contribution in [0.2, 0.25) is 5.02 Å². The molecule has 0 atom stereocenters. The van der Waals surface area contributed by atoms with E-state index in [2.05, 4.69) is 19.9 Å². The molecule has 2 heterocycles. The summed E-state index contributed by atoms with van der Waals surface area (Å²) in [4.78, 5) is 17.1. The highest BCUT2D eigenvalue weighted by atomic mass is 35.5. The van der Waals surface area contributed by atoms with E-state index in [0.717, 1.165) is 22.2 Å². The van der Waals surface area contributed by atoms with Gasteiger partial charge in [-0.15, -0.1) is 0 Å². The summed E-state index contributed by atoms with van der Waals surface area (Å²) in [5, 5.41) is 1.29. The van der Waals surface area contributed by atoms with Gasteiger partial charge < -0.3 is 10.5 Å². The highest BCUT2D eigenvalue weighted by Gasteiger charge is 2.10. The molecule has 2 aromatic carbocycles. The number of para-hydroxylation sites is 1. The Bertz CT molecular complexity index is 1070. The summed E-state index contributed by atoms with van der Waals surface area (Å²) in [6.45, 7) is 0.284. The molecular formula is C19H14ClN5O. The van der Waals surface area contributed by atoms with Crippen molar-refractivity contribution in [1.29, 1.82) is 0 Å². The SMILES string of the molecule is Nc1nc(-c2ccc(OCc3cnccn3)c(Cl)c2)nc2ccccc12. The second kappa shape index (κ2) is 6.93. The maximum Gasteiger partial charge on any atom is 0.162 e. The van der Waals surface area contributed by atoms with Crippen molar-refractivity contribution in [3.05, 3.63) is 71.8 Å². The number of nitrogens with zero attached hydrogens (tertiary/aromatic N) is 4. The summed E-state index contributed by atoms with van der Waals surface area (Å²) in [6, 6.07) is 13.0. The molecule has 4 aromatic rings. The number of rotatable bonds is 4. The first-order valence-corrected chi connectivity index (χ1v) is 8.28. The molecule has 0 saturated carbocycles. The number of halogens is 1. The van der Waals surface area contributed by atoms with E-state index in [4.69, 9.17) is 22.1 Å². The van der Waals surface area contributed by atoms with Gasteiger partial charge in [0.1, 0.15) is 18.2 Å². The van der Waals surface area contributed by atoms with Crippen LogP contribution in [0.4, 0.5) is 5.82 Å². The van der Waals surface area contributed by atoms with Crippen LogP contribution in [0.25, 0.3) is 22.3 Å². The van der Waals surface area contributed by atoms with Crippen molar-refractivity contribution in [2.75, 3.05) is 5.73 Å². The average Bonchev–Trinajstić information content (AvgIpc) is 2.68. The fourth-order valence-electron chi connectivity index (χ4n) is 2.54. The van der Waals surface area contributed by atoms with Crippen LogP contribution in [0.15, 0.2) is 61.1 Å². The minimum atomic E-state index is 0.284. The summed E-state index contributed by atoms with van der Waals surface area (Å²) in [5.74, 6) is 1.50. The van der Waals surface area contributed by atoms with Crippen LogP contribution in [0.1, 0.15) is 5.69 Å². The molecule has 6 nitrogen and oxygen atoms in total. The molecule has 2 N–H and O–H groups in total. The summed E-state index contributed by atoms with van der Waals surface area (Å²) >= 11 is 6.36. The average molecular weight is 364 g/mol. The standard InChI is InChI=1S/C19H14ClN5O/c20-15-9-12(5-6-17(15)26-11-13-10-22-7-8-23-13)19-24-16-4-2-1-3-14(16)18(21)25-19/h1-10H,11H2,(H2,21,24,25). The number of ether oxygens (including phenoxy) is 1. The predicted molar refractivity (Wildman–Crippen MR) is 101 cm³/mol. The van der Waals surface area contributed by atoms with Gasteiger partial charge in [-0.25, -0.2) is 9.97 Å². The van der Waals surface area contributed by atoms with Gasteiger partial charge >= 0.3 is 0 Å². The minimum absolute atomic E-state index is 0.284. The minimum Gasteiger partial charge on any atom is -0.486 e. The van der Waals surface area contributed by atoms with Crippen LogP contribution in [-0.4, -0.2) is 19.9 Å². The molecule has 0 aliphatic heterocycles. The quantitative estimate of drug-likeness (QED) is 0.591. The molecule has 0 saturated heterocycles. The number of benzene rings is 2. The van der Waals surface area contributed by atoms with Gasteiger partial charge in [0, 0.05) is 23.3 Å². The first kappa shape index (κ1) is 16.2. The fourth-order valence-corrected chi connectivity index (χ4v) is 2.78. The molecule has 7 heteroatoms. The van der Waals surface area contributed by atoms with E-state index in [1.54, 1.807) is 30.7 Å². The molecular weight excluding hydrogens is 350 g/mol. The number of aromatic nitrogens is 4. The number of hydrogen-bond donors (Lipinski definition) is 1. The van der Waals surface area contributed by atoms with E-state index in [1.165, 1.54) is 0 Å². The molecule has 0 aliphatic rings. The van der Waals surface area contributed by atoms with Gasteiger partial charge in [-0.3, -0.25) is 9.97 Å². The van der Waals surface area contributed by atoms with Gasteiger partial charge in [0.25, 0.3) is 0 Å². The predicted octanol–water partition coefficient (Wildman–Crippen LogP) is 3.90. The van der Waals surface area contributed by atoms with E-state index in [-0.39, 0.29) is 6.61 Å². The smallest absolute Gasteiger partial charge is 0.162 e. The Kier molecular flexibility index (Phi) is 4.33. The third-order valence-corrected chi connectivity index (χ3v) is 4.11. The van der Waals surface area contributed by atoms with Crippen molar-refractivity contribution in [3.63, 3.8) is 0 Å². The van der Waals surface area contributed by atoms with Gasteiger partial charge in [0.2, 0.25) is 0 Å². The Hall–Kier alpha value is -3.25. The topological polar surface area (TPSA) is 86.8 Å². The van der Waals surface area contributed by atoms with Crippen molar-refractivity contribution >= 4 is 28.3 Å². The zero-order valence-corrected chi connectivity index (χ0v) is 14.4. The van der Waals surface area contributed by atoms with Crippen molar-refractivity contribution in [2.24, 2.45) is 0 Å². The normalized spacial score (nSPS) is 10.8. The first-order valence-electron chi connectivity index (χ1n) is 7.90. The van der Waals surface area contributed by atoms with E-state index in [1.807, 2.05) is 30.3 Å². The summed E-state index contributed by atoms with van der Waals surface area (Å²) < 4.78 is 5.71. The Morgan fingerprint density at radius 3 is 2.73 bits per heavy atom. The Morgan fingerprint density at radius 2 is 1.92 bits per heavy atom. The summed E-state index contributed by atoms with van der Waals surface area (Å²) in [7, 11) is 0. The van der Waals surface area contributed by atoms with Crippen LogP contribution >= 0.6 is 11.6 Å². The van der Waals surface area contributed by atoms with E-state index in [0.29, 0.717) is 22.4 Å². The second-order valence-corrected chi connectivity index (χ2v) is 5.99. The highest BCUT2D eigenvalue weighted by Crippen LogP contribution is 2.31. The molecule has 0 aliphatic carbocycles. The molecule has 0 radical (unpaired) electrons. The van der Waals surface area contributed by atoms with Crippen LogP contribution in [0, 0.1) is 0 Å². The van der Waals surface area contributed by atoms with Gasteiger partial charge in [0.15, 0.2) is 5.82 Å².